The van der Waals surface area contributed by atoms with Crippen molar-refractivity contribution in [2.24, 2.45) is 17.8 Å². The van der Waals surface area contributed by atoms with E-state index in [1.54, 1.807) is 13.0 Å². The summed E-state index contributed by atoms with van der Waals surface area (Å²) >= 11 is 0. The number of methoxy groups -OCH3 is 1. The third-order valence-corrected chi connectivity index (χ3v) is 13.3. The fourth-order valence-corrected chi connectivity index (χ4v) is 8.82. The van der Waals surface area contributed by atoms with Gasteiger partial charge in [0.15, 0.2) is 11.6 Å². The molecule has 14 nitrogen and oxygen atoms in total. The zero-order chi connectivity index (χ0) is 37.6. The molecule has 0 radical (unpaired) electrons. The first-order valence-electron chi connectivity index (χ1n) is 17.8. The second-order valence-electron chi connectivity index (χ2n) is 14.9. The van der Waals surface area contributed by atoms with Gasteiger partial charge in [-0.3, -0.25) is 19.1 Å². The van der Waals surface area contributed by atoms with Crippen LogP contribution in [-0.4, -0.2) is 89.4 Å². The van der Waals surface area contributed by atoms with Gasteiger partial charge in [-0.05, 0) is 80.9 Å². The molecule has 282 valence electrons. The Morgan fingerprint density at radius 2 is 1.96 bits per heavy atom. The highest BCUT2D eigenvalue weighted by molar-refractivity contribution is 7.91. The number of carbonyl (C=O) groups is 4. The maximum Gasteiger partial charge on any atom is 0.405 e. The molecule has 3 heterocycles. The number of rotatable bonds is 8. The second-order valence-corrected chi connectivity index (χ2v) is 17.1. The summed E-state index contributed by atoms with van der Waals surface area (Å²) in [6, 6.07) is 1.96. The zero-order valence-electron chi connectivity index (χ0n) is 29.7. The molecule has 2 unspecified atom stereocenters. The van der Waals surface area contributed by atoms with E-state index in [0.29, 0.717) is 42.9 Å². The van der Waals surface area contributed by atoms with Crippen LogP contribution < -0.4 is 24.8 Å². The van der Waals surface area contributed by atoms with Crippen molar-refractivity contribution in [2.45, 2.75) is 101 Å². The van der Waals surface area contributed by atoms with Gasteiger partial charge in [0, 0.05) is 23.9 Å². The van der Waals surface area contributed by atoms with Crippen LogP contribution in [0.5, 0.6) is 11.6 Å². The summed E-state index contributed by atoms with van der Waals surface area (Å²) in [5.41, 5.74) is -1.58. The summed E-state index contributed by atoms with van der Waals surface area (Å²) in [5.74, 6) is -3.53. The Morgan fingerprint density at radius 3 is 2.63 bits per heavy atom. The number of nitrogens with zero attached hydrogens (tertiary/aromatic N) is 2. The number of sulfonamides is 1. The lowest BCUT2D eigenvalue weighted by Crippen LogP contribution is -2.59. The van der Waals surface area contributed by atoms with E-state index in [-0.39, 0.29) is 36.9 Å². The Hall–Kier alpha value is -4.47. The standard InChI is InChI=1S/C36H46FN5O9S/c1-5-21-14-20(2)8-6-7-9-23-18-36(23,33(45)41-52(48,49)35(3)11-12-35)40-30(43)27-16-24(19-42(27)32(44)29(21)39-34(46)47)51-31-25-17-26(37)28(50-4)15-22(25)10-13-38-31/h7,9-10,13,15,17,20-21,23-24,27,29,39H,5-6,8,11-12,14,16,18-19H2,1-4H3,(H,40,43)(H,41,45)(H,46,47)/b9-7-/t20-,21-,23?,24-,27+,29+,36?/m1/s1. The number of carbonyl (C=O) groups excluding carboxylic acids is 3. The fourth-order valence-electron chi connectivity index (χ4n) is 7.50. The first kappa shape index (κ1) is 37.3. The van der Waals surface area contributed by atoms with Crippen LogP contribution in [0, 0.1) is 23.6 Å². The maximum absolute atomic E-state index is 14.8. The number of carboxylic acid groups (broad SMARTS) is 1. The normalized spacial score (nSPS) is 30.8. The van der Waals surface area contributed by atoms with E-state index in [4.69, 9.17) is 9.47 Å². The molecule has 4 N–H and O–H groups in total. The number of nitrogens with one attached hydrogen (secondary N) is 3. The summed E-state index contributed by atoms with van der Waals surface area (Å²) in [7, 11) is -2.68. The van der Waals surface area contributed by atoms with Gasteiger partial charge in [0.25, 0.3) is 5.91 Å². The van der Waals surface area contributed by atoms with Crippen molar-refractivity contribution in [3.63, 3.8) is 0 Å². The number of allylic oxidation sites excluding steroid dienone is 1. The summed E-state index contributed by atoms with van der Waals surface area (Å²) in [5, 5.41) is 16.0. The van der Waals surface area contributed by atoms with Crippen LogP contribution in [0.25, 0.3) is 10.8 Å². The van der Waals surface area contributed by atoms with Crippen LogP contribution in [0.1, 0.15) is 72.1 Å². The maximum atomic E-state index is 14.8. The topological polar surface area (TPSA) is 193 Å². The highest BCUT2D eigenvalue weighted by Crippen LogP contribution is 2.47. The van der Waals surface area contributed by atoms with Crippen LogP contribution in [0.4, 0.5) is 9.18 Å². The van der Waals surface area contributed by atoms with Crippen molar-refractivity contribution < 1.29 is 46.6 Å². The van der Waals surface area contributed by atoms with Crippen LogP contribution in [-0.2, 0) is 24.4 Å². The molecule has 4 aliphatic rings. The number of benzene rings is 1. The second kappa shape index (κ2) is 14.2. The summed E-state index contributed by atoms with van der Waals surface area (Å²) in [6.45, 7) is 5.32. The minimum Gasteiger partial charge on any atom is -0.494 e. The van der Waals surface area contributed by atoms with Gasteiger partial charge in [-0.25, -0.2) is 22.6 Å². The van der Waals surface area contributed by atoms with Crippen molar-refractivity contribution in [3.8, 4) is 11.6 Å². The average molecular weight is 744 g/mol. The molecule has 16 heteroatoms. The summed E-state index contributed by atoms with van der Waals surface area (Å²) < 4.78 is 53.5. The third kappa shape index (κ3) is 7.26. The van der Waals surface area contributed by atoms with Crippen molar-refractivity contribution >= 4 is 44.6 Å². The fraction of sp³-hybridized carbons (Fsp3) is 0.583. The quantitative estimate of drug-likeness (QED) is 0.290. The highest BCUT2D eigenvalue weighted by atomic mass is 32.2. The minimum absolute atomic E-state index is 0.0284. The molecule has 2 aliphatic heterocycles. The predicted molar refractivity (Wildman–Crippen MR) is 187 cm³/mol. The minimum atomic E-state index is -4.03. The van der Waals surface area contributed by atoms with Crippen molar-refractivity contribution in [3.05, 3.63) is 42.4 Å². The van der Waals surface area contributed by atoms with Gasteiger partial charge in [0.05, 0.1) is 18.4 Å². The summed E-state index contributed by atoms with van der Waals surface area (Å²) in [6.07, 6.45) is 6.25. The molecule has 1 aromatic carbocycles. The molecule has 4 amide bonds. The lowest BCUT2D eigenvalue weighted by Gasteiger charge is -2.33. The molecule has 6 rings (SSSR count). The Balaban J connectivity index is 1.35. The van der Waals surface area contributed by atoms with Gasteiger partial charge in [-0.1, -0.05) is 32.4 Å². The monoisotopic (exact) mass is 743 g/mol. The number of amides is 4. The SMILES string of the molecule is CC[C@@H]1C[C@H](C)CC/C=C\C2CC2(C(=O)NS(=O)(=O)C2(C)CC2)NC(=O)[C@@H]2C[C@@H](Oc3nccc4cc(OC)c(F)cc34)CN2C(=O)[C@H]1NC(=O)O. The highest BCUT2D eigenvalue weighted by Gasteiger charge is 2.63. The van der Waals surface area contributed by atoms with Gasteiger partial charge in [-0.15, -0.1) is 0 Å². The molecule has 1 saturated heterocycles. The number of aromatic nitrogens is 1. The first-order chi connectivity index (χ1) is 24.6. The third-order valence-electron chi connectivity index (χ3n) is 11.2. The molecular formula is C36H46FN5O9S. The smallest absolute Gasteiger partial charge is 0.405 e. The molecule has 0 bridgehead atoms. The largest absolute Gasteiger partial charge is 0.494 e. The number of pyridine rings is 1. The Morgan fingerprint density at radius 1 is 1.21 bits per heavy atom. The van der Waals surface area contributed by atoms with E-state index in [9.17, 15) is 37.1 Å². The first-order valence-corrected chi connectivity index (χ1v) is 19.2. The van der Waals surface area contributed by atoms with Crippen LogP contribution in [0.15, 0.2) is 36.5 Å². The van der Waals surface area contributed by atoms with Crippen LogP contribution >= 0.6 is 0 Å². The molecule has 1 aromatic heterocycles. The predicted octanol–water partition coefficient (Wildman–Crippen LogP) is 3.64. The number of ether oxygens (including phenoxy) is 2. The Bertz CT molecular complexity index is 1900. The van der Waals surface area contributed by atoms with Crippen LogP contribution in [0.3, 0.4) is 0 Å². The van der Waals surface area contributed by atoms with Gasteiger partial charge in [-0.2, -0.15) is 0 Å². The molecule has 52 heavy (non-hydrogen) atoms. The number of hydrogen-bond acceptors (Lipinski definition) is 9. The molecule has 3 fully saturated rings. The summed E-state index contributed by atoms with van der Waals surface area (Å²) in [4.78, 5) is 60.2. The van der Waals surface area contributed by atoms with Crippen molar-refractivity contribution in [2.75, 3.05) is 13.7 Å². The lowest BCUT2D eigenvalue weighted by molar-refractivity contribution is -0.142. The van der Waals surface area contributed by atoms with E-state index in [0.717, 1.165) is 6.42 Å². The van der Waals surface area contributed by atoms with Gasteiger partial charge >= 0.3 is 6.09 Å². The molecule has 2 aromatic rings. The Labute approximate surface area is 301 Å². The Kier molecular flexibility index (Phi) is 10.2. The zero-order valence-corrected chi connectivity index (χ0v) is 30.5. The average Bonchev–Trinajstić information content (AvgIpc) is 3.97. The number of hydrogen-bond donors (Lipinski definition) is 4. The van der Waals surface area contributed by atoms with E-state index >= 15 is 0 Å². The van der Waals surface area contributed by atoms with Crippen molar-refractivity contribution in [1.29, 1.82) is 0 Å². The van der Waals surface area contributed by atoms with Gasteiger partial charge in [0.2, 0.25) is 27.7 Å². The molecule has 2 aliphatic carbocycles. The number of fused-ring (bicyclic) bond motifs is 3. The van der Waals surface area contributed by atoms with Gasteiger partial charge < -0.3 is 30.1 Å². The van der Waals surface area contributed by atoms with E-state index in [2.05, 4.69) is 20.3 Å². The van der Waals surface area contributed by atoms with E-state index < -0.39 is 80.0 Å². The number of halogens is 1. The van der Waals surface area contributed by atoms with E-state index in [1.807, 2.05) is 26.0 Å². The van der Waals surface area contributed by atoms with Crippen LogP contribution in [0.2, 0.25) is 0 Å². The molecule has 7 atom stereocenters. The molecular weight excluding hydrogens is 697 g/mol. The van der Waals surface area contributed by atoms with Crippen molar-refractivity contribution in [1.82, 2.24) is 25.2 Å². The lowest BCUT2D eigenvalue weighted by atomic mass is 9.85. The van der Waals surface area contributed by atoms with E-state index in [1.165, 1.54) is 30.3 Å². The van der Waals surface area contributed by atoms with Gasteiger partial charge in [0.1, 0.15) is 23.7 Å². The molecule has 2 saturated carbocycles. The molecule has 0 spiro atoms.